The van der Waals surface area contributed by atoms with Gasteiger partial charge < -0.3 is 9.47 Å². The van der Waals surface area contributed by atoms with E-state index in [-0.39, 0.29) is 80.8 Å². The van der Waals surface area contributed by atoms with Crippen LogP contribution in [0.1, 0.15) is 12.8 Å². The van der Waals surface area contributed by atoms with Gasteiger partial charge in [0.2, 0.25) is 33.5 Å². The van der Waals surface area contributed by atoms with E-state index in [2.05, 4.69) is 24.3 Å². The zero-order valence-electron chi connectivity index (χ0n) is 28.1. The van der Waals surface area contributed by atoms with Crippen molar-refractivity contribution in [3.05, 3.63) is 121 Å². The molecule has 0 N–H and O–H groups in total. The molecule has 0 spiro atoms. The number of nitrogens with zero attached hydrogens (tertiary/aromatic N) is 2. The summed E-state index contributed by atoms with van der Waals surface area (Å²) in [6.07, 6.45) is 9.96. The van der Waals surface area contributed by atoms with Crippen molar-refractivity contribution in [3.8, 4) is 23.0 Å². The second-order valence-electron chi connectivity index (χ2n) is 14.7. The summed E-state index contributed by atoms with van der Waals surface area (Å²) in [7, 11) is -3.89. The van der Waals surface area contributed by atoms with E-state index in [0.717, 1.165) is 12.8 Å². The van der Waals surface area contributed by atoms with E-state index < -0.39 is 9.84 Å². The first kappa shape index (κ1) is 31.9. The zero-order chi connectivity index (χ0) is 36.2. The quantitative estimate of drug-likeness (QED) is 0.145. The maximum atomic E-state index is 13.5. The van der Waals surface area contributed by atoms with Gasteiger partial charge in [0.05, 0.1) is 44.8 Å². The number of fused-ring (bicyclic) bond motifs is 10. The van der Waals surface area contributed by atoms with Gasteiger partial charge in [0.25, 0.3) is 0 Å². The highest BCUT2D eigenvalue weighted by molar-refractivity contribution is 7.91. The van der Waals surface area contributed by atoms with Crippen LogP contribution in [0.5, 0.6) is 23.0 Å². The first-order valence-electron chi connectivity index (χ1n) is 17.8. The molecule has 0 aromatic heterocycles. The molecule has 11 heteroatoms. The molecule has 4 aromatic carbocycles. The maximum absolute atomic E-state index is 13.5. The summed E-state index contributed by atoms with van der Waals surface area (Å²) in [5, 5.41) is 0. The lowest BCUT2D eigenvalue weighted by Gasteiger charge is -2.18. The van der Waals surface area contributed by atoms with Crippen molar-refractivity contribution in [3.63, 3.8) is 0 Å². The molecule has 10 rings (SSSR count). The first-order valence-corrected chi connectivity index (χ1v) is 19.3. The van der Waals surface area contributed by atoms with Crippen molar-refractivity contribution in [2.75, 3.05) is 9.80 Å². The predicted octanol–water partition coefficient (Wildman–Crippen LogP) is 6.73. The summed E-state index contributed by atoms with van der Waals surface area (Å²) < 4.78 is 39.1. The maximum Gasteiger partial charge on any atom is 0.238 e. The molecule has 4 bridgehead atoms. The highest BCUT2D eigenvalue weighted by Crippen LogP contribution is 2.54. The smallest absolute Gasteiger partial charge is 0.238 e. The Morgan fingerprint density at radius 1 is 0.453 bits per heavy atom. The van der Waals surface area contributed by atoms with Gasteiger partial charge in [-0.2, -0.15) is 0 Å². The van der Waals surface area contributed by atoms with Crippen LogP contribution in [0.15, 0.2) is 131 Å². The average Bonchev–Trinajstić information content (AvgIpc) is 4.02. The van der Waals surface area contributed by atoms with Gasteiger partial charge in [-0.05, 0) is 109 Å². The van der Waals surface area contributed by atoms with Gasteiger partial charge in [0.1, 0.15) is 23.0 Å². The average molecular weight is 725 g/mol. The Balaban J connectivity index is 0.806. The Kier molecular flexibility index (Phi) is 6.98. The minimum Gasteiger partial charge on any atom is -0.457 e. The summed E-state index contributed by atoms with van der Waals surface area (Å²) >= 11 is 0. The van der Waals surface area contributed by atoms with Crippen molar-refractivity contribution < 1.29 is 37.1 Å². The number of hydrogen-bond acceptors (Lipinski definition) is 8. The molecule has 8 atom stereocenters. The minimum atomic E-state index is -3.89. The van der Waals surface area contributed by atoms with Gasteiger partial charge in [0, 0.05) is 12.1 Å². The molecular weight excluding hydrogens is 693 g/mol. The number of sulfone groups is 1. The lowest BCUT2D eigenvalue weighted by atomic mass is 9.85. The predicted molar refractivity (Wildman–Crippen MR) is 192 cm³/mol. The van der Waals surface area contributed by atoms with E-state index in [9.17, 15) is 27.6 Å². The number of hydrogen-bond donors (Lipinski definition) is 0. The fourth-order valence-corrected chi connectivity index (χ4v) is 10.7. The Labute approximate surface area is 305 Å². The van der Waals surface area contributed by atoms with Gasteiger partial charge in [0.15, 0.2) is 0 Å². The molecule has 10 nitrogen and oxygen atoms in total. The van der Waals surface area contributed by atoms with Gasteiger partial charge in [-0.15, -0.1) is 0 Å². The second kappa shape index (κ2) is 11.6. The number of allylic oxidation sites excluding steroid dienone is 4. The van der Waals surface area contributed by atoms with Crippen LogP contribution >= 0.6 is 0 Å². The molecular formula is C42H32N2O8S. The van der Waals surface area contributed by atoms with Crippen LogP contribution in [0.4, 0.5) is 11.4 Å². The lowest BCUT2D eigenvalue weighted by Crippen LogP contribution is -2.32. The van der Waals surface area contributed by atoms with Crippen LogP contribution < -0.4 is 19.3 Å². The molecule has 0 radical (unpaired) electrons. The van der Waals surface area contributed by atoms with Crippen LogP contribution in [-0.4, -0.2) is 32.0 Å². The summed E-state index contributed by atoms with van der Waals surface area (Å²) in [6, 6.07) is 25.6. The van der Waals surface area contributed by atoms with Gasteiger partial charge in [-0.1, -0.05) is 36.4 Å². The fourth-order valence-electron chi connectivity index (χ4n) is 9.47. The van der Waals surface area contributed by atoms with E-state index >= 15 is 0 Å². The summed E-state index contributed by atoms with van der Waals surface area (Å²) in [5.41, 5.74) is 0.905. The summed E-state index contributed by atoms with van der Waals surface area (Å²) in [4.78, 5) is 55.8. The van der Waals surface area contributed by atoms with Crippen molar-refractivity contribution >= 4 is 44.8 Å². The number of carbonyl (C=O) groups is 4. The lowest BCUT2D eigenvalue weighted by molar-refractivity contribution is -0.124. The number of benzene rings is 4. The Morgan fingerprint density at radius 3 is 1.13 bits per heavy atom. The SMILES string of the molecule is O=C1[C@@H]2[C@H](C(=O)N1c1cccc(Oc3ccc(S(=O)(=O)c4ccc(Oc5cccc(N6C(=O)[C@@H]7[C@H](C6=O)[C@H]6C=C[C@H]7C6)c5)cc4)cc3)c1)[C@H]1C=C[C@H]2C1. The minimum absolute atomic E-state index is 0.0661. The Morgan fingerprint density at radius 2 is 0.792 bits per heavy atom. The molecule has 4 fully saturated rings. The largest absolute Gasteiger partial charge is 0.457 e. The molecule has 2 saturated carbocycles. The van der Waals surface area contributed by atoms with Crippen LogP contribution in [0.3, 0.4) is 0 Å². The molecule has 2 aliphatic heterocycles. The van der Waals surface area contributed by atoms with Crippen LogP contribution in [0.2, 0.25) is 0 Å². The second-order valence-corrected chi connectivity index (χ2v) is 16.6. The van der Waals surface area contributed by atoms with Crippen molar-refractivity contribution in [2.45, 2.75) is 22.6 Å². The van der Waals surface area contributed by atoms with Gasteiger partial charge in [-0.3, -0.25) is 19.2 Å². The standard InChI is InChI=1S/C42H32N2O8S/c45-39-35-23-7-8-24(19-23)36(35)40(46)43(39)27-3-1-5-31(21-27)51-29-11-15-33(16-12-29)53(49,50)34-17-13-30(14-18-34)52-32-6-2-4-28(22-32)44-41(47)37-25-9-10-26(20-25)38(37)42(44)48/h1-18,21-26,35-38H,19-20H2/t23-,24-,25-,26-,35-,36+,37-,38+/m0/s1. The van der Waals surface area contributed by atoms with E-state index in [1.807, 2.05) is 0 Å². The number of carbonyl (C=O) groups excluding carboxylic acids is 4. The molecule has 264 valence electrons. The first-order chi connectivity index (χ1) is 25.7. The van der Waals surface area contributed by atoms with Crippen LogP contribution in [0, 0.1) is 47.3 Å². The zero-order valence-corrected chi connectivity index (χ0v) is 29.0. The van der Waals surface area contributed by atoms with Gasteiger partial charge in [-0.25, -0.2) is 18.2 Å². The summed E-state index contributed by atoms with van der Waals surface area (Å²) in [5.74, 6) is 0.166. The number of amides is 4. The molecule has 4 amide bonds. The van der Waals surface area contributed by atoms with Gasteiger partial charge >= 0.3 is 0 Å². The molecule has 2 saturated heterocycles. The Bertz CT molecular complexity index is 2200. The molecule has 6 aliphatic rings. The monoisotopic (exact) mass is 724 g/mol. The molecule has 0 unspecified atom stereocenters. The van der Waals surface area contributed by atoms with Crippen molar-refractivity contribution in [1.29, 1.82) is 0 Å². The Hall–Kier alpha value is -5.81. The molecule has 53 heavy (non-hydrogen) atoms. The number of ether oxygens (including phenoxy) is 2. The third-order valence-corrected chi connectivity index (χ3v) is 13.6. The van der Waals surface area contributed by atoms with Crippen LogP contribution in [0.25, 0.3) is 0 Å². The van der Waals surface area contributed by atoms with E-state index in [1.165, 1.54) is 34.1 Å². The van der Waals surface area contributed by atoms with Crippen molar-refractivity contribution in [2.24, 2.45) is 47.3 Å². The number of imide groups is 2. The molecule has 4 aromatic rings. The third-order valence-electron chi connectivity index (χ3n) is 11.8. The van der Waals surface area contributed by atoms with Crippen LogP contribution in [-0.2, 0) is 29.0 Å². The summed E-state index contributed by atoms with van der Waals surface area (Å²) in [6.45, 7) is 0. The fraction of sp³-hybridized carbons (Fsp3) is 0.238. The van der Waals surface area contributed by atoms with Crippen molar-refractivity contribution in [1.82, 2.24) is 0 Å². The number of anilines is 2. The topological polar surface area (TPSA) is 127 Å². The van der Waals surface area contributed by atoms with E-state index in [4.69, 9.17) is 9.47 Å². The normalized spacial score (nSPS) is 29.1. The molecule has 2 heterocycles. The third kappa shape index (κ3) is 4.86. The molecule has 4 aliphatic carbocycles. The highest BCUT2D eigenvalue weighted by Gasteiger charge is 2.60. The van der Waals surface area contributed by atoms with E-state index in [1.54, 1.807) is 72.8 Å². The van der Waals surface area contributed by atoms with E-state index in [0.29, 0.717) is 34.4 Å². The number of rotatable bonds is 8. The highest BCUT2D eigenvalue weighted by atomic mass is 32.2.